The van der Waals surface area contributed by atoms with Gasteiger partial charge in [-0.15, -0.1) is 0 Å². The van der Waals surface area contributed by atoms with E-state index in [2.05, 4.69) is 15.3 Å². The van der Waals surface area contributed by atoms with Crippen LogP contribution in [0.1, 0.15) is 31.8 Å². The van der Waals surface area contributed by atoms with Crippen molar-refractivity contribution in [2.45, 2.75) is 13.5 Å². The van der Waals surface area contributed by atoms with Gasteiger partial charge in [-0.25, -0.2) is 4.98 Å². The van der Waals surface area contributed by atoms with E-state index in [1.165, 1.54) is 18.3 Å². The number of H-pyrrole nitrogens is 1. The first-order valence-corrected chi connectivity index (χ1v) is 7.07. The van der Waals surface area contributed by atoms with E-state index in [1.54, 1.807) is 18.3 Å². The van der Waals surface area contributed by atoms with Crippen molar-refractivity contribution < 1.29 is 33.6 Å². The molecule has 0 fully saturated rings. The normalized spacial score (nSPS) is 10.2. The molecule has 0 spiro atoms. The number of aromatic carboxylic acids is 1. The number of fused-ring (bicyclic) bond motifs is 1. The molecule has 2 N–H and O–H groups in total. The fraction of sp³-hybridized carbons (Fsp3) is 0.118. The van der Waals surface area contributed by atoms with Crippen LogP contribution in [0.4, 0.5) is 0 Å². The fourth-order valence-corrected chi connectivity index (χ4v) is 2.33. The third kappa shape index (κ3) is 3.67. The van der Waals surface area contributed by atoms with Gasteiger partial charge in [-0.3, -0.25) is 4.79 Å². The summed E-state index contributed by atoms with van der Waals surface area (Å²) in [6.45, 7) is 2.09. The molecule has 7 heteroatoms. The first-order chi connectivity index (χ1) is 11.0. The zero-order valence-corrected chi connectivity index (χ0v) is 13.4. The van der Waals surface area contributed by atoms with Gasteiger partial charge in [-0.05, 0) is 41.8 Å². The molecule has 0 radical (unpaired) electrons. The third-order valence-electron chi connectivity index (χ3n) is 3.69. The number of pyridine rings is 1. The zero-order valence-electron chi connectivity index (χ0n) is 13.4. The Kier molecular flexibility index (Phi) is 5.45. The van der Waals surface area contributed by atoms with E-state index in [1.807, 2.05) is 13.0 Å². The number of benzene rings is 1. The predicted molar refractivity (Wildman–Crippen MR) is 82.8 cm³/mol. The van der Waals surface area contributed by atoms with Gasteiger partial charge in [0.15, 0.2) is 0 Å². The van der Waals surface area contributed by atoms with Crippen molar-refractivity contribution in [3.63, 3.8) is 0 Å². The molecule has 0 aliphatic heterocycles. The minimum Gasteiger partial charge on any atom is -0.545 e. The Morgan fingerprint density at radius 1 is 1.21 bits per heavy atom. The van der Waals surface area contributed by atoms with Gasteiger partial charge in [0, 0.05) is 24.3 Å². The number of nitrogens with one attached hydrogen (secondary N) is 2. The van der Waals surface area contributed by atoms with Crippen molar-refractivity contribution >= 4 is 22.9 Å². The van der Waals surface area contributed by atoms with Crippen LogP contribution >= 0.6 is 0 Å². The van der Waals surface area contributed by atoms with E-state index < -0.39 is 5.97 Å². The molecule has 0 saturated heterocycles. The number of aromatic amines is 1. The molecule has 0 aliphatic carbocycles. The molecule has 6 nitrogen and oxygen atoms in total. The summed E-state index contributed by atoms with van der Waals surface area (Å²) in [5, 5.41) is 14.5. The Bertz CT molecular complexity index is 905. The van der Waals surface area contributed by atoms with Crippen LogP contribution in [-0.2, 0) is 6.54 Å². The Balaban J connectivity index is 0.00000208. The van der Waals surface area contributed by atoms with E-state index in [4.69, 9.17) is 0 Å². The minimum absolute atomic E-state index is 0. The van der Waals surface area contributed by atoms with Crippen molar-refractivity contribution in [1.82, 2.24) is 15.3 Å². The Labute approximate surface area is 150 Å². The summed E-state index contributed by atoms with van der Waals surface area (Å²) < 4.78 is 0. The van der Waals surface area contributed by atoms with Gasteiger partial charge in [-0.1, -0.05) is 12.1 Å². The maximum atomic E-state index is 12.2. The monoisotopic (exact) mass is 315 g/mol. The molecule has 2 aromatic heterocycles. The van der Waals surface area contributed by atoms with E-state index >= 15 is 0 Å². The smallest absolute Gasteiger partial charge is 0.545 e. The van der Waals surface area contributed by atoms with Crippen molar-refractivity contribution in [3.8, 4) is 0 Å². The quantitative estimate of drug-likeness (QED) is 0.553. The number of hydrogen-bond donors (Lipinski definition) is 2. The van der Waals surface area contributed by atoms with Gasteiger partial charge in [0.2, 0.25) is 0 Å². The van der Waals surface area contributed by atoms with Gasteiger partial charge in [-0.2, -0.15) is 0 Å². The number of carboxylic acids is 1. The van der Waals surface area contributed by atoms with Crippen LogP contribution in [0.25, 0.3) is 11.0 Å². The molecule has 0 bridgehead atoms. The number of amides is 1. The molecule has 2 heterocycles. The summed E-state index contributed by atoms with van der Waals surface area (Å²) in [6, 6.07) is 8.28. The first kappa shape index (κ1) is 17.8. The summed E-state index contributed by atoms with van der Waals surface area (Å²) in [6.07, 6.45) is 3.26. The number of rotatable bonds is 4. The molecular weight excluding hydrogens is 301 g/mol. The fourth-order valence-electron chi connectivity index (χ4n) is 2.33. The molecule has 0 aliphatic rings. The molecule has 0 saturated carbocycles. The molecule has 116 valence electrons. The van der Waals surface area contributed by atoms with Crippen LogP contribution in [-0.4, -0.2) is 21.8 Å². The zero-order chi connectivity index (χ0) is 16.4. The molecule has 0 unspecified atom stereocenters. The maximum Gasteiger partial charge on any atom is 1.00 e. The number of carboxylic acid groups (broad SMARTS) is 1. The molecule has 24 heavy (non-hydrogen) atoms. The van der Waals surface area contributed by atoms with Gasteiger partial charge in [0.1, 0.15) is 5.65 Å². The number of aryl methyl sites for hydroxylation is 1. The third-order valence-corrected chi connectivity index (χ3v) is 3.69. The Morgan fingerprint density at radius 2 is 2.00 bits per heavy atom. The van der Waals surface area contributed by atoms with Crippen molar-refractivity contribution in [2.75, 3.05) is 0 Å². The molecule has 1 amide bonds. The molecule has 3 aromatic rings. The first-order valence-electron chi connectivity index (χ1n) is 7.07. The maximum absolute atomic E-state index is 12.2. The van der Waals surface area contributed by atoms with Crippen molar-refractivity contribution in [3.05, 3.63) is 65.0 Å². The number of carbonyl (C=O) groups excluding carboxylic acids is 2. The summed E-state index contributed by atoms with van der Waals surface area (Å²) in [5.74, 6) is -1.50. The van der Waals surface area contributed by atoms with Gasteiger partial charge in [0.05, 0.1) is 11.5 Å². The SMILES string of the molecule is Cc1ccc(C(=O)[O-])cc1CNC(=O)c1cnc2[nH]ccc2c1.[Li+]. The van der Waals surface area contributed by atoms with Crippen LogP contribution in [0.5, 0.6) is 0 Å². The predicted octanol–water partition coefficient (Wildman–Crippen LogP) is -1.83. The van der Waals surface area contributed by atoms with Crippen molar-refractivity contribution in [1.29, 1.82) is 0 Å². The average molecular weight is 315 g/mol. The van der Waals surface area contributed by atoms with Crippen molar-refractivity contribution in [2.24, 2.45) is 0 Å². The second kappa shape index (κ2) is 7.35. The summed E-state index contributed by atoms with van der Waals surface area (Å²) >= 11 is 0. The summed E-state index contributed by atoms with van der Waals surface area (Å²) in [5.41, 5.74) is 2.89. The molecule has 1 aromatic carbocycles. The molecular formula is C17H14LiN3O3. The summed E-state index contributed by atoms with van der Waals surface area (Å²) in [4.78, 5) is 30.3. The Hall–Kier alpha value is -2.55. The van der Waals surface area contributed by atoms with Gasteiger partial charge >= 0.3 is 18.9 Å². The van der Waals surface area contributed by atoms with E-state index in [0.717, 1.165) is 22.2 Å². The second-order valence-corrected chi connectivity index (χ2v) is 5.25. The number of aromatic nitrogens is 2. The van der Waals surface area contributed by atoms with Crippen LogP contribution < -0.4 is 29.3 Å². The topological polar surface area (TPSA) is 97.9 Å². The van der Waals surface area contributed by atoms with Gasteiger partial charge < -0.3 is 20.2 Å². The van der Waals surface area contributed by atoms with Crippen LogP contribution in [0.2, 0.25) is 0 Å². The largest absolute Gasteiger partial charge is 1.00 e. The van der Waals surface area contributed by atoms with Crippen LogP contribution in [0, 0.1) is 6.92 Å². The van der Waals surface area contributed by atoms with E-state index in [0.29, 0.717) is 5.56 Å². The number of hydrogen-bond acceptors (Lipinski definition) is 4. The van der Waals surface area contributed by atoms with E-state index in [-0.39, 0.29) is 36.9 Å². The average Bonchev–Trinajstić information content (AvgIpc) is 3.01. The minimum atomic E-state index is -1.24. The standard InChI is InChI=1S/C17H15N3O3.Li/c1-10-2-3-12(17(22)23)7-13(10)8-20-16(21)14-6-11-4-5-18-15(11)19-9-14;/h2-7,9H,8H2,1H3,(H,18,19)(H,20,21)(H,22,23);/q;+1/p-1. The number of carbonyl (C=O) groups is 2. The second-order valence-electron chi connectivity index (χ2n) is 5.25. The van der Waals surface area contributed by atoms with Crippen LogP contribution in [0.3, 0.4) is 0 Å². The molecule has 3 rings (SSSR count). The summed E-state index contributed by atoms with van der Waals surface area (Å²) in [7, 11) is 0. The Morgan fingerprint density at radius 3 is 2.75 bits per heavy atom. The molecule has 0 atom stereocenters. The number of nitrogens with zero attached hydrogens (tertiary/aromatic N) is 1. The van der Waals surface area contributed by atoms with Crippen LogP contribution in [0.15, 0.2) is 42.7 Å². The van der Waals surface area contributed by atoms with E-state index in [9.17, 15) is 14.7 Å². The van der Waals surface area contributed by atoms with Gasteiger partial charge in [0.25, 0.3) is 5.91 Å².